The molecule has 1 atom stereocenters. The maximum atomic E-state index is 13.5. The van der Waals surface area contributed by atoms with Gasteiger partial charge in [-0.25, -0.2) is 0 Å². The number of carboxylic acids is 1. The van der Waals surface area contributed by atoms with Crippen molar-refractivity contribution in [3.63, 3.8) is 0 Å². The molecule has 5 rings (SSSR count). The molecular weight excluding hydrogens is 594 g/mol. The zero-order valence-electron chi connectivity index (χ0n) is 23.8. The Hall–Kier alpha value is -4.10. The van der Waals surface area contributed by atoms with Gasteiger partial charge in [0.25, 0.3) is 5.91 Å². The number of carbonyl (C=O) groups is 2. The number of aliphatic carboxylic acids is 1. The fraction of sp³-hybridized carbons (Fsp3) is 0.257. The number of hydrogen-bond donors (Lipinski definition) is 1. The van der Waals surface area contributed by atoms with E-state index in [2.05, 4.69) is 28.9 Å². The zero-order chi connectivity index (χ0) is 29.6. The van der Waals surface area contributed by atoms with Crippen molar-refractivity contribution in [3.05, 3.63) is 112 Å². The number of rotatable bonds is 12. The lowest BCUT2D eigenvalue weighted by atomic mass is 10.0. The van der Waals surface area contributed by atoms with E-state index in [1.54, 1.807) is 11.9 Å². The van der Waals surface area contributed by atoms with Crippen LogP contribution >= 0.6 is 15.9 Å². The molecule has 0 saturated heterocycles. The first-order valence-corrected chi connectivity index (χ1v) is 15.0. The number of nitrogens with zero attached hydrogens (tertiary/aromatic N) is 1. The summed E-state index contributed by atoms with van der Waals surface area (Å²) in [5, 5.41) is 12.7. The molecule has 4 aromatic carbocycles. The number of carboxylic acid groups (broad SMARTS) is 1. The monoisotopic (exact) mass is 627 g/mol. The molecule has 216 valence electrons. The first-order valence-electron chi connectivity index (χ1n) is 14.2. The number of benzene rings is 4. The molecule has 1 heterocycles. The van der Waals surface area contributed by atoms with Crippen molar-refractivity contribution in [1.82, 2.24) is 4.90 Å². The molecule has 0 bridgehead atoms. The summed E-state index contributed by atoms with van der Waals surface area (Å²) in [7, 11) is 1.80. The Balaban J connectivity index is 1.30. The van der Waals surface area contributed by atoms with E-state index < -0.39 is 11.9 Å². The minimum atomic E-state index is -0.890. The molecule has 1 amide bonds. The number of amides is 1. The van der Waals surface area contributed by atoms with E-state index in [1.807, 2.05) is 78.9 Å². The van der Waals surface area contributed by atoms with Crippen LogP contribution in [0.5, 0.6) is 5.75 Å². The molecule has 1 N–H and O–H groups in total. The summed E-state index contributed by atoms with van der Waals surface area (Å²) in [5.74, 6) is -0.680. The van der Waals surface area contributed by atoms with Gasteiger partial charge in [-0.15, -0.1) is 0 Å². The van der Waals surface area contributed by atoms with Gasteiger partial charge in [-0.05, 0) is 75.3 Å². The number of halogens is 1. The molecule has 5 aromatic rings. The number of aryl methyl sites for hydroxylation is 1. The second-order valence-corrected chi connectivity index (χ2v) is 11.4. The van der Waals surface area contributed by atoms with Crippen molar-refractivity contribution in [2.75, 3.05) is 13.7 Å². The number of carbonyl (C=O) groups excluding carboxylic acids is 1. The molecule has 42 heavy (non-hydrogen) atoms. The van der Waals surface area contributed by atoms with Crippen molar-refractivity contribution >= 4 is 49.5 Å². The highest BCUT2D eigenvalue weighted by atomic mass is 79.9. The Morgan fingerprint density at radius 3 is 2.48 bits per heavy atom. The summed E-state index contributed by atoms with van der Waals surface area (Å²) < 4.78 is 12.8. The molecule has 6 nitrogen and oxygen atoms in total. The summed E-state index contributed by atoms with van der Waals surface area (Å²) >= 11 is 3.66. The summed E-state index contributed by atoms with van der Waals surface area (Å²) in [6, 6.07) is 27.2. The van der Waals surface area contributed by atoms with Crippen LogP contribution in [0.1, 0.15) is 47.0 Å². The lowest BCUT2D eigenvalue weighted by molar-refractivity contribution is -0.142. The molecule has 0 aliphatic carbocycles. The molecule has 0 radical (unpaired) electrons. The van der Waals surface area contributed by atoms with E-state index in [9.17, 15) is 14.7 Å². The van der Waals surface area contributed by atoms with Crippen LogP contribution in [0.4, 0.5) is 0 Å². The predicted octanol–water partition coefficient (Wildman–Crippen LogP) is 8.29. The number of fused-ring (bicyclic) bond motifs is 2. The van der Waals surface area contributed by atoms with Gasteiger partial charge in [-0.3, -0.25) is 9.59 Å². The lowest BCUT2D eigenvalue weighted by Crippen LogP contribution is -2.26. The van der Waals surface area contributed by atoms with Gasteiger partial charge >= 0.3 is 5.97 Å². The quantitative estimate of drug-likeness (QED) is 0.150. The van der Waals surface area contributed by atoms with Crippen LogP contribution in [-0.2, 0) is 24.2 Å². The van der Waals surface area contributed by atoms with Crippen LogP contribution in [0.25, 0.3) is 21.7 Å². The van der Waals surface area contributed by atoms with Crippen LogP contribution in [0.3, 0.4) is 0 Å². The van der Waals surface area contributed by atoms with Crippen molar-refractivity contribution < 1.29 is 23.8 Å². The van der Waals surface area contributed by atoms with Gasteiger partial charge in [-0.2, -0.15) is 0 Å². The average molecular weight is 629 g/mol. The highest BCUT2D eigenvalue weighted by Crippen LogP contribution is 2.35. The second kappa shape index (κ2) is 13.3. The third kappa shape index (κ3) is 6.52. The van der Waals surface area contributed by atoms with Crippen LogP contribution in [0.15, 0.2) is 93.8 Å². The van der Waals surface area contributed by atoms with Crippen molar-refractivity contribution in [2.24, 2.45) is 5.92 Å². The van der Waals surface area contributed by atoms with Crippen LogP contribution < -0.4 is 4.74 Å². The van der Waals surface area contributed by atoms with Gasteiger partial charge in [0.1, 0.15) is 17.9 Å². The summed E-state index contributed by atoms with van der Waals surface area (Å²) in [6.07, 6.45) is 3.22. The van der Waals surface area contributed by atoms with Crippen molar-refractivity contribution in [1.29, 1.82) is 0 Å². The Bertz CT molecular complexity index is 1710. The lowest BCUT2D eigenvalue weighted by Gasteiger charge is -2.18. The van der Waals surface area contributed by atoms with E-state index in [-0.39, 0.29) is 12.5 Å². The average Bonchev–Trinajstić information content (AvgIpc) is 3.37. The standard InChI is InChI=1S/C35H34BrNO5/c1-3-4-12-29-28-13-8-9-14-30(28)42-33(29)34(38)37(2)21-24-15-17-27-25(20-24)16-18-31(32(27)36)41-22-26(35(39)40)19-23-10-6-5-7-11-23/h5-11,13-18,20,26H,3-4,12,19,21-22H2,1-2H3,(H,39,40). The molecule has 7 heteroatoms. The van der Waals surface area contributed by atoms with E-state index in [0.29, 0.717) is 24.5 Å². The molecule has 0 aliphatic heterocycles. The van der Waals surface area contributed by atoms with Gasteiger partial charge in [0.15, 0.2) is 5.76 Å². The number of furan rings is 1. The van der Waals surface area contributed by atoms with E-state index in [4.69, 9.17) is 9.15 Å². The molecule has 1 unspecified atom stereocenters. The first-order chi connectivity index (χ1) is 20.4. The van der Waals surface area contributed by atoms with Crippen LogP contribution in [-0.4, -0.2) is 35.5 Å². The topological polar surface area (TPSA) is 80.0 Å². The first kappa shape index (κ1) is 29.4. The third-order valence-corrected chi connectivity index (χ3v) is 8.35. The molecule has 0 spiro atoms. The largest absolute Gasteiger partial charge is 0.491 e. The zero-order valence-corrected chi connectivity index (χ0v) is 25.4. The third-order valence-electron chi connectivity index (χ3n) is 7.54. The maximum Gasteiger partial charge on any atom is 0.310 e. The molecule has 1 aromatic heterocycles. The smallest absolute Gasteiger partial charge is 0.310 e. The van der Waals surface area contributed by atoms with Crippen LogP contribution in [0.2, 0.25) is 0 Å². The van der Waals surface area contributed by atoms with E-state index >= 15 is 0 Å². The second-order valence-electron chi connectivity index (χ2n) is 10.6. The highest BCUT2D eigenvalue weighted by molar-refractivity contribution is 9.10. The summed E-state index contributed by atoms with van der Waals surface area (Å²) in [6.45, 7) is 2.62. The Morgan fingerprint density at radius 2 is 1.71 bits per heavy atom. The molecule has 0 aliphatic rings. The van der Waals surface area contributed by atoms with Gasteiger partial charge in [0.05, 0.1) is 10.4 Å². The minimum Gasteiger partial charge on any atom is -0.491 e. The van der Waals surface area contributed by atoms with Gasteiger partial charge in [0.2, 0.25) is 0 Å². The Kier molecular flexibility index (Phi) is 9.28. The van der Waals surface area contributed by atoms with E-state index in [0.717, 1.165) is 62.2 Å². The minimum absolute atomic E-state index is 0.0569. The number of hydrogen-bond acceptors (Lipinski definition) is 4. The normalized spacial score (nSPS) is 12.0. The number of para-hydroxylation sites is 1. The summed E-state index contributed by atoms with van der Waals surface area (Å²) in [4.78, 5) is 27.1. The molecule has 0 saturated carbocycles. The van der Waals surface area contributed by atoms with Gasteiger partial charge in [-0.1, -0.05) is 80.1 Å². The number of unbranched alkanes of at least 4 members (excludes halogenated alkanes) is 1. The summed E-state index contributed by atoms with van der Waals surface area (Å²) in [5.41, 5.74) is 3.66. The van der Waals surface area contributed by atoms with E-state index in [1.165, 1.54) is 0 Å². The molecule has 0 fully saturated rings. The van der Waals surface area contributed by atoms with Gasteiger partial charge in [0, 0.05) is 24.5 Å². The highest BCUT2D eigenvalue weighted by Gasteiger charge is 2.24. The Labute approximate surface area is 254 Å². The Morgan fingerprint density at radius 1 is 0.952 bits per heavy atom. The fourth-order valence-corrected chi connectivity index (χ4v) is 5.84. The van der Waals surface area contributed by atoms with Crippen molar-refractivity contribution in [2.45, 2.75) is 39.2 Å². The SMILES string of the molecule is CCCCc1c(C(=O)N(C)Cc2ccc3c(Br)c(OCC(Cc4ccccc4)C(=O)O)ccc3c2)oc2ccccc12. The molecular formula is C35H34BrNO5. The van der Waals surface area contributed by atoms with Gasteiger partial charge < -0.3 is 19.2 Å². The maximum absolute atomic E-state index is 13.5. The fourth-order valence-electron chi connectivity index (χ4n) is 5.23. The van der Waals surface area contributed by atoms with Crippen LogP contribution in [0, 0.1) is 5.92 Å². The van der Waals surface area contributed by atoms with Crippen molar-refractivity contribution in [3.8, 4) is 5.75 Å². The predicted molar refractivity (Wildman–Crippen MR) is 169 cm³/mol. The number of ether oxygens (including phenoxy) is 1.